The minimum absolute atomic E-state index is 0.130. The van der Waals surface area contributed by atoms with Crippen molar-refractivity contribution in [2.24, 2.45) is 0 Å². The van der Waals surface area contributed by atoms with Crippen LogP contribution in [0.4, 0.5) is 0 Å². The summed E-state index contributed by atoms with van der Waals surface area (Å²) in [7, 11) is 0. The molecule has 1 atom stereocenters. The molecule has 4 nitrogen and oxygen atoms in total. The summed E-state index contributed by atoms with van der Waals surface area (Å²) >= 11 is 0. The second kappa shape index (κ2) is 6.96. The fourth-order valence-electron chi connectivity index (χ4n) is 3.96. The van der Waals surface area contributed by atoms with Crippen LogP contribution in [-0.2, 0) is 21.6 Å². The quantitative estimate of drug-likeness (QED) is 0.841. The maximum atomic E-state index is 13.2. The van der Waals surface area contributed by atoms with E-state index in [1.54, 1.807) is 12.4 Å². The number of amides is 1. The van der Waals surface area contributed by atoms with Crippen molar-refractivity contribution in [3.05, 3.63) is 66.0 Å². The van der Waals surface area contributed by atoms with Gasteiger partial charge in [0.1, 0.15) is 0 Å². The van der Waals surface area contributed by atoms with Crippen LogP contribution in [-0.4, -0.2) is 35.0 Å². The van der Waals surface area contributed by atoms with Crippen LogP contribution in [0.15, 0.2) is 54.9 Å². The number of nitrogens with zero attached hydrogens (tertiary/aromatic N) is 2. The monoisotopic (exact) mass is 336 g/mol. The van der Waals surface area contributed by atoms with E-state index in [-0.39, 0.29) is 11.5 Å². The van der Waals surface area contributed by atoms with Crippen molar-refractivity contribution in [3.8, 4) is 0 Å². The first-order valence-electron chi connectivity index (χ1n) is 9.13. The van der Waals surface area contributed by atoms with Gasteiger partial charge in [-0.3, -0.25) is 9.78 Å². The maximum absolute atomic E-state index is 13.2. The van der Waals surface area contributed by atoms with Crippen molar-refractivity contribution in [1.82, 2.24) is 9.88 Å². The molecule has 2 heterocycles. The zero-order chi connectivity index (χ0) is 17.1. The van der Waals surface area contributed by atoms with Crippen LogP contribution < -0.4 is 0 Å². The molecule has 1 saturated heterocycles. The Morgan fingerprint density at radius 2 is 1.92 bits per heavy atom. The summed E-state index contributed by atoms with van der Waals surface area (Å²) in [5.74, 6) is 0.292. The van der Waals surface area contributed by atoms with E-state index in [0.717, 1.165) is 37.8 Å². The molecule has 0 radical (unpaired) electrons. The third-order valence-corrected chi connectivity index (χ3v) is 5.61. The summed E-state index contributed by atoms with van der Waals surface area (Å²) in [5.41, 5.74) is 2.01. The fourth-order valence-corrected chi connectivity index (χ4v) is 3.96. The highest BCUT2D eigenvalue weighted by atomic mass is 16.5. The van der Waals surface area contributed by atoms with Crippen molar-refractivity contribution in [1.29, 1.82) is 0 Å². The minimum atomic E-state index is -0.290. The largest absolute Gasteiger partial charge is 0.372 e. The van der Waals surface area contributed by atoms with Gasteiger partial charge in [-0.2, -0.15) is 0 Å². The zero-order valence-corrected chi connectivity index (χ0v) is 14.4. The predicted octanol–water partition coefficient (Wildman–Crippen LogP) is 3.32. The molecule has 25 heavy (non-hydrogen) atoms. The van der Waals surface area contributed by atoms with Crippen LogP contribution in [0.1, 0.15) is 36.8 Å². The van der Waals surface area contributed by atoms with Gasteiger partial charge in [0.25, 0.3) is 0 Å². The molecule has 1 aromatic heterocycles. The summed E-state index contributed by atoms with van der Waals surface area (Å²) in [4.78, 5) is 19.3. The number of likely N-dealkylation sites (tertiary alicyclic amines) is 1. The Labute approximate surface area is 148 Å². The second-order valence-corrected chi connectivity index (χ2v) is 7.13. The number of carbonyl (C=O) groups is 1. The molecule has 4 rings (SSSR count). The first kappa shape index (κ1) is 16.3. The Morgan fingerprint density at radius 3 is 2.60 bits per heavy atom. The topological polar surface area (TPSA) is 42.4 Å². The molecule has 0 N–H and O–H groups in total. The van der Waals surface area contributed by atoms with E-state index in [4.69, 9.17) is 4.74 Å². The minimum Gasteiger partial charge on any atom is -0.372 e. The maximum Gasteiger partial charge on any atom is 0.233 e. The highest BCUT2D eigenvalue weighted by Gasteiger charge is 2.48. The second-order valence-electron chi connectivity index (χ2n) is 7.13. The Hall–Kier alpha value is -2.20. The zero-order valence-electron chi connectivity index (χ0n) is 14.4. The number of hydrogen-bond donors (Lipinski definition) is 0. The van der Waals surface area contributed by atoms with Gasteiger partial charge in [0.15, 0.2) is 0 Å². The van der Waals surface area contributed by atoms with E-state index in [0.29, 0.717) is 19.1 Å². The molecule has 0 bridgehead atoms. The summed E-state index contributed by atoms with van der Waals surface area (Å²) in [6.07, 6.45) is 7.68. The highest BCUT2D eigenvalue weighted by Crippen LogP contribution is 2.45. The van der Waals surface area contributed by atoms with Crippen molar-refractivity contribution in [3.63, 3.8) is 0 Å². The molecule has 2 aromatic rings. The molecule has 130 valence electrons. The number of aromatic nitrogens is 1. The van der Waals surface area contributed by atoms with E-state index in [9.17, 15) is 4.79 Å². The number of hydrogen-bond acceptors (Lipinski definition) is 3. The van der Waals surface area contributed by atoms with Crippen LogP contribution >= 0.6 is 0 Å². The van der Waals surface area contributed by atoms with Crippen LogP contribution in [0.5, 0.6) is 0 Å². The summed E-state index contributed by atoms with van der Waals surface area (Å²) in [6, 6.07) is 14.2. The molecule has 1 saturated carbocycles. The lowest BCUT2D eigenvalue weighted by atomic mass is 9.63. The lowest BCUT2D eigenvalue weighted by Gasteiger charge is -2.43. The van der Waals surface area contributed by atoms with Gasteiger partial charge in [-0.05, 0) is 42.5 Å². The van der Waals surface area contributed by atoms with E-state index < -0.39 is 0 Å². The van der Waals surface area contributed by atoms with Crippen molar-refractivity contribution >= 4 is 5.91 Å². The number of pyridine rings is 1. The molecular formula is C21H24N2O2. The molecule has 1 aromatic carbocycles. The first-order valence-corrected chi connectivity index (χ1v) is 9.13. The average molecular weight is 336 g/mol. The lowest BCUT2D eigenvalue weighted by molar-refractivity contribution is -0.140. The lowest BCUT2D eigenvalue weighted by Crippen LogP contribution is -2.50. The van der Waals surface area contributed by atoms with Crippen molar-refractivity contribution in [2.75, 3.05) is 13.1 Å². The Kier molecular flexibility index (Phi) is 4.53. The molecule has 2 aliphatic rings. The van der Waals surface area contributed by atoms with Gasteiger partial charge in [0, 0.05) is 25.5 Å². The number of benzene rings is 1. The summed E-state index contributed by atoms with van der Waals surface area (Å²) in [5, 5.41) is 0. The number of rotatable bonds is 5. The van der Waals surface area contributed by atoms with Crippen LogP contribution in [0, 0.1) is 0 Å². The van der Waals surface area contributed by atoms with E-state index >= 15 is 0 Å². The predicted molar refractivity (Wildman–Crippen MR) is 96.0 cm³/mol. The van der Waals surface area contributed by atoms with Crippen molar-refractivity contribution in [2.45, 2.75) is 43.8 Å². The van der Waals surface area contributed by atoms with Gasteiger partial charge in [0.2, 0.25) is 5.91 Å². The third-order valence-electron chi connectivity index (χ3n) is 5.61. The molecule has 2 fully saturated rings. The Balaban J connectivity index is 1.39. The highest BCUT2D eigenvalue weighted by molar-refractivity contribution is 5.89. The van der Waals surface area contributed by atoms with Gasteiger partial charge >= 0.3 is 0 Å². The molecule has 4 heteroatoms. The number of carbonyl (C=O) groups excluding carboxylic acids is 1. The Morgan fingerprint density at radius 1 is 1.16 bits per heavy atom. The van der Waals surface area contributed by atoms with Gasteiger partial charge in [-0.15, -0.1) is 0 Å². The first-order chi connectivity index (χ1) is 12.3. The molecule has 1 aliphatic heterocycles. The van der Waals surface area contributed by atoms with Crippen LogP contribution in [0.2, 0.25) is 0 Å². The standard InChI is InChI=1S/C21H24N2O2/c24-20(21(10-4-11-21)18-5-2-1-3-6-18)23-14-9-19(15-23)25-16-17-7-12-22-13-8-17/h1-3,5-8,12-13,19H,4,9-11,14-16H2. The molecule has 0 spiro atoms. The molecule has 1 amide bonds. The summed E-state index contributed by atoms with van der Waals surface area (Å²) < 4.78 is 6.02. The van der Waals surface area contributed by atoms with Gasteiger partial charge < -0.3 is 9.64 Å². The smallest absolute Gasteiger partial charge is 0.233 e. The average Bonchev–Trinajstić information content (AvgIpc) is 3.10. The van der Waals surface area contributed by atoms with Crippen LogP contribution in [0.25, 0.3) is 0 Å². The Bertz CT molecular complexity index is 713. The molecular weight excluding hydrogens is 312 g/mol. The number of ether oxygens (including phenoxy) is 1. The van der Waals surface area contributed by atoms with E-state index in [1.807, 2.05) is 35.2 Å². The third kappa shape index (κ3) is 3.19. The van der Waals surface area contributed by atoms with Gasteiger partial charge in [-0.25, -0.2) is 0 Å². The normalized spacial score (nSPS) is 21.8. The fraction of sp³-hybridized carbons (Fsp3) is 0.429. The van der Waals surface area contributed by atoms with Gasteiger partial charge in [0.05, 0.1) is 18.1 Å². The van der Waals surface area contributed by atoms with Crippen molar-refractivity contribution < 1.29 is 9.53 Å². The van der Waals surface area contributed by atoms with E-state index in [2.05, 4.69) is 17.1 Å². The molecule has 1 unspecified atom stereocenters. The SMILES string of the molecule is O=C(N1CCC(OCc2ccncc2)C1)C1(c2ccccc2)CCC1. The summed E-state index contributed by atoms with van der Waals surface area (Å²) in [6.45, 7) is 2.09. The van der Waals surface area contributed by atoms with E-state index in [1.165, 1.54) is 5.56 Å². The molecule has 1 aliphatic carbocycles. The van der Waals surface area contributed by atoms with Crippen LogP contribution in [0.3, 0.4) is 0 Å². The van der Waals surface area contributed by atoms with Gasteiger partial charge in [-0.1, -0.05) is 36.8 Å².